The van der Waals surface area contributed by atoms with Crippen LogP contribution in [0.3, 0.4) is 0 Å². The monoisotopic (exact) mass is 410 g/mol. The third kappa shape index (κ3) is 4.97. The van der Waals surface area contributed by atoms with Gasteiger partial charge in [0.1, 0.15) is 0 Å². The van der Waals surface area contributed by atoms with Crippen LogP contribution in [0.2, 0.25) is 0 Å². The molecule has 0 radical (unpaired) electrons. The lowest BCUT2D eigenvalue weighted by atomic mass is 9.70. The molecule has 1 aliphatic carbocycles. The molecular formula is C23H30N4O3. The summed E-state index contributed by atoms with van der Waals surface area (Å²) in [6, 6.07) is 6.94. The van der Waals surface area contributed by atoms with Crippen molar-refractivity contribution >= 4 is 17.5 Å². The highest BCUT2D eigenvalue weighted by Crippen LogP contribution is 2.40. The van der Waals surface area contributed by atoms with E-state index in [1.807, 2.05) is 26.0 Å². The molecule has 0 amide bonds. The molecule has 1 saturated carbocycles. The highest BCUT2D eigenvalue weighted by atomic mass is 16.5. The van der Waals surface area contributed by atoms with Gasteiger partial charge in [0.05, 0.1) is 18.9 Å². The van der Waals surface area contributed by atoms with Gasteiger partial charge in [0, 0.05) is 59.5 Å². The van der Waals surface area contributed by atoms with E-state index in [1.165, 1.54) is 12.3 Å². The molecule has 7 nitrogen and oxygen atoms in total. The summed E-state index contributed by atoms with van der Waals surface area (Å²) in [7, 11) is 0. The zero-order chi connectivity index (χ0) is 21.6. The maximum Gasteiger partial charge on any atom is 0.250 e. The minimum atomic E-state index is -0.114. The van der Waals surface area contributed by atoms with E-state index >= 15 is 0 Å². The van der Waals surface area contributed by atoms with E-state index in [2.05, 4.69) is 9.98 Å². The fraction of sp³-hybridized carbons (Fsp3) is 0.435. The van der Waals surface area contributed by atoms with Crippen molar-refractivity contribution in [3.8, 4) is 5.88 Å². The molecule has 2 aromatic rings. The van der Waals surface area contributed by atoms with E-state index in [0.29, 0.717) is 24.7 Å². The number of aliphatic imine (C=N–C) groups is 1. The van der Waals surface area contributed by atoms with Gasteiger partial charge in [-0.1, -0.05) is 13.3 Å². The van der Waals surface area contributed by atoms with E-state index in [1.54, 1.807) is 23.0 Å². The quantitative estimate of drug-likeness (QED) is 0.618. The lowest BCUT2D eigenvalue weighted by Gasteiger charge is -2.39. The van der Waals surface area contributed by atoms with Crippen molar-refractivity contribution in [1.82, 2.24) is 9.55 Å². The number of hydrogen-bond donors (Lipinski definition) is 2. The van der Waals surface area contributed by atoms with Gasteiger partial charge in [-0.05, 0) is 38.3 Å². The minimum absolute atomic E-state index is 0.0362. The van der Waals surface area contributed by atoms with Crippen molar-refractivity contribution in [1.29, 1.82) is 0 Å². The maximum atomic E-state index is 11.9. The van der Waals surface area contributed by atoms with Gasteiger partial charge in [-0.3, -0.25) is 9.79 Å². The number of ether oxygens (including phenoxy) is 1. The van der Waals surface area contributed by atoms with Gasteiger partial charge < -0.3 is 20.1 Å². The average molecular weight is 411 g/mol. The Balaban J connectivity index is 1.73. The number of pyridine rings is 2. The van der Waals surface area contributed by atoms with Gasteiger partial charge in [0.15, 0.2) is 0 Å². The predicted molar refractivity (Wildman–Crippen MR) is 119 cm³/mol. The Labute approximate surface area is 176 Å². The molecular weight excluding hydrogens is 380 g/mol. The topological polar surface area (TPSA) is 103 Å². The van der Waals surface area contributed by atoms with Gasteiger partial charge in [-0.15, -0.1) is 0 Å². The second kappa shape index (κ2) is 9.71. The summed E-state index contributed by atoms with van der Waals surface area (Å²) in [6.45, 7) is 5.20. The molecule has 3 rings (SSSR count). The van der Waals surface area contributed by atoms with Gasteiger partial charge in [0.25, 0.3) is 5.56 Å². The number of aryl methyl sites for hydroxylation is 2. The molecule has 0 bridgehead atoms. The summed E-state index contributed by atoms with van der Waals surface area (Å²) in [5.74, 6) is 0.538. The van der Waals surface area contributed by atoms with Crippen LogP contribution in [0.1, 0.15) is 43.9 Å². The smallest absolute Gasteiger partial charge is 0.250 e. The number of allylic oxidation sites excluding steroid dienone is 1. The van der Waals surface area contributed by atoms with Crippen molar-refractivity contribution in [3.05, 3.63) is 58.3 Å². The highest BCUT2D eigenvalue weighted by molar-refractivity contribution is 6.10. The molecule has 1 fully saturated rings. The molecule has 2 aromatic heterocycles. The van der Waals surface area contributed by atoms with Gasteiger partial charge in [-0.25, -0.2) is 4.98 Å². The van der Waals surface area contributed by atoms with Crippen LogP contribution in [0, 0.1) is 12.3 Å². The number of hydrogen-bond acceptors (Lipinski definition) is 6. The first kappa shape index (κ1) is 21.8. The molecule has 0 unspecified atom stereocenters. The van der Waals surface area contributed by atoms with Crippen LogP contribution < -0.4 is 16.0 Å². The summed E-state index contributed by atoms with van der Waals surface area (Å²) in [5.41, 5.74) is 8.74. The number of rotatable bonds is 9. The third-order valence-corrected chi connectivity index (χ3v) is 5.61. The first-order valence-electron chi connectivity index (χ1n) is 10.4. The molecule has 0 aromatic carbocycles. The number of nitrogens with zero attached hydrogens (tertiary/aromatic N) is 3. The Hall–Kier alpha value is -2.93. The molecule has 0 aliphatic heterocycles. The molecule has 7 heteroatoms. The Bertz CT molecular complexity index is 985. The summed E-state index contributed by atoms with van der Waals surface area (Å²) in [6.07, 6.45) is 8.90. The number of aliphatic hydroxyl groups excluding tert-OH is 1. The van der Waals surface area contributed by atoms with Crippen LogP contribution in [-0.2, 0) is 6.54 Å². The summed E-state index contributed by atoms with van der Waals surface area (Å²) in [5, 5.41) is 9.58. The normalized spacial score (nSPS) is 15.9. The predicted octanol–water partition coefficient (Wildman–Crippen LogP) is 3.21. The number of aliphatic hydroxyl groups is 1. The van der Waals surface area contributed by atoms with Crippen molar-refractivity contribution in [3.63, 3.8) is 0 Å². The number of aromatic nitrogens is 2. The van der Waals surface area contributed by atoms with Crippen LogP contribution >= 0.6 is 0 Å². The zero-order valence-electron chi connectivity index (χ0n) is 17.7. The van der Waals surface area contributed by atoms with Crippen molar-refractivity contribution in [2.24, 2.45) is 16.1 Å². The number of nitrogens with two attached hydrogens (primary N) is 1. The Kier molecular flexibility index (Phi) is 7.05. The van der Waals surface area contributed by atoms with Crippen molar-refractivity contribution in [2.75, 3.05) is 13.2 Å². The first-order chi connectivity index (χ1) is 14.5. The first-order valence-corrected chi connectivity index (χ1v) is 10.4. The summed E-state index contributed by atoms with van der Waals surface area (Å²) >= 11 is 0. The summed E-state index contributed by atoms with van der Waals surface area (Å²) < 4.78 is 7.49. The van der Waals surface area contributed by atoms with Crippen LogP contribution in [0.4, 0.5) is 5.69 Å². The molecule has 1 aliphatic rings. The van der Waals surface area contributed by atoms with E-state index in [-0.39, 0.29) is 17.6 Å². The molecule has 160 valence electrons. The Morgan fingerprint density at radius 1 is 1.37 bits per heavy atom. The molecule has 0 spiro atoms. The lowest BCUT2D eigenvalue weighted by molar-refractivity contribution is -0.00130. The lowest BCUT2D eigenvalue weighted by Crippen LogP contribution is -2.39. The molecule has 30 heavy (non-hydrogen) atoms. The Morgan fingerprint density at radius 2 is 2.17 bits per heavy atom. The SMILES string of the molecule is CCCn1cc(N=C/C(=C\N)c2ccc(OCC3(CO)CCC3)nc2C)ccc1=O. The van der Waals surface area contributed by atoms with Crippen molar-refractivity contribution < 1.29 is 9.84 Å². The van der Waals surface area contributed by atoms with Gasteiger partial charge in [0.2, 0.25) is 5.88 Å². The van der Waals surface area contributed by atoms with Crippen LogP contribution in [0.25, 0.3) is 5.57 Å². The minimum Gasteiger partial charge on any atom is -0.477 e. The van der Waals surface area contributed by atoms with Crippen LogP contribution in [0.15, 0.2) is 46.4 Å². The van der Waals surface area contributed by atoms with E-state index in [0.717, 1.165) is 42.5 Å². The van der Waals surface area contributed by atoms with Crippen LogP contribution in [-0.4, -0.2) is 34.1 Å². The van der Waals surface area contributed by atoms with Gasteiger partial charge >= 0.3 is 0 Å². The zero-order valence-corrected chi connectivity index (χ0v) is 17.7. The summed E-state index contributed by atoms with van der Waals surface area (Å²) in [4.78, 5) is 20.9. The van der Waals surface area contributed by atoms with Gasteiger partial charge in [-0.2, -0.15) is 0 Å². The molecule has 2 heterocycles. The average Bonchev–Trinajstić information content (AvgIpc) is 2.71. The second-order valence-electron chi connectivity index (χ2n) is 7.88. The molecule has 0 atom stereocenters. The fourth-order valence-electron chi connectivity index (χ4n) is 3.53. The Morgan fingerprint density at radius 3 is 2.77 bits per heavy atom. The standard InChI is InChI=1S/C23H30N4O3/c1-3-11-27-14-19(5-8-22(27)29)25-13-18(12-24)20-6-7-21(26-17(20)2)30-16-23(15-28)9-4-10-23/h5-8,12-14,28H,3-4,9-11,15-16,24H2,1-2H3/b18-12+,25-13?. The second-order valence-corrected chi connectivity index (χ2v) is 7.88. The van der Waals surface area contributed by atoms with E-state index < -0.39 is 0 Å². The fourth-order valence-corrected chi connectivity index (χ4v) is 3.53. The van der Waals surface area contributed by atoms with E-state index in [9.17, 15) is 9.90 Å². The molecule has 3 N–H and O–H groups in total. The third-order valence-electron chi connectivity index (χ3n) is 5.61. The largest absolute Gasteiger partial charge is 0.477 e. The highest BCUT2D eigenvalue weighted by Gasteiger charge is 2.37. The van der Waals surface area contributed by atoms with E-state index in [4.69, 9.17) is 10.5 Å². The van der Waals surface area contributed by atoms with Crippen LogP contribution in [0.5, 0.6) is 5.88 Å². The van der Waals surface area contributed by atoms with Crippen molar-refractivity contribution in [2.45, 2.75) is 46.1 Å². The molecule has 0 saturated heterocycles. The maximum absolute atomic E-state index is 11.9.